The highest BCUT2D eigenvalue weighted by Gasteiger charge is 2.37. The Bertz CT molecular complexity index is 783. The molecule has 5 N–H and O–H groups in total. The standard InChI is InChI=1S/C10H15N2O8P.C4H8O2/c1-5-3-12(10(15)11-9(5)14)8-2-6(13)7(20-8)4-19-21(16,17)18;1-4(6)2-3-5/h3,6-8,13H,2,4H2,1H3,(H,11,14,15)(H2,16,17,18);3-4,6H,2H2,1H3/t6-,7+,8+;/m0./s1. The van der Waals surface area contributed by atoms with E-state index in [1.807, 2.05) is 0 Å². The highest BCUT2D eigenvalue weighted by molar-refractivity contribution is 7.46. The van der Waals surface area contributed by atoms with Crippen molar-refractivity contribution in [2.24, 2.45) is 0 Å². The first-order valence-corrected chi connectivity index (χ1v) is 9.45. The first-order valence-electron chi connectivity index (χ1n) is 7.92. The van der Waals surface area contributed by atoms with Crippen LogP contribution in [0, 0.1) is 6.92 Å². The molecule has 1 aromatic rings. The van der Waals surface area contributed by atoms with Gasteiger partial charge in [-0.15, -0.1) is 0 Å². The van der Waals surface area contributed by atoms with Crippen LogP contribution in [0.15, 0.2) is 15.8 Å². The number of aldehydes is 1. The van der Waals surface area contributed by atoms with Gasteiger partial charge in [-0.25, -0.2) is 9.36 Å². The van der Waals surface area contributed by atoms with Crippen molar-refractivity contribution in [3.63, 3.8) is 0 Å². The van der Waals surface area contributed by atoms with Crippen molar-refractivity contribution in [3.8, 4) is 0 Å². The van der Waals surface area contributed by atoms with Gasteiger partial charge in [0.15, 0.2) is 0 Å². The molecule has 0 spiro atoms. The summed E-state index contributed by atoms with van der Waals surface area (Å²) in [6.07, 6.45) is -1.09. The lowest BCUT2D eigenvalue weighted by molar-refractivity contribution is -0.109. The summed E-state index contributed by atoms with van der Waals surface area (Å²) in [6.45, 7) is 2.57. The van der Waals surface area contributed by atoms with E-state index in [0.29, 0.717) is 11.8 Å². The molecule has 0 amide bonds. The van der Waals surface area contributed by atoms with Crippen LogP contribution in [-0.4, -0.2) is 60.8 Å². The van der Waals surface area contributed by atoms with E-state index in [9.17, 15) is 24.1 Å². The topological polar surface area (TPSA) is 188 Å². The number of rotatable bonds is 6. The minimum atomic E-state index is -4.67. The number of nitrogens with one attached hydrogen (secondary N) is 1. The molecule has 2 rings (SSSR count). The van der Waals surface area contributed by atoms with Crippen LogP contribution in [0.4, 0.5) is 0 Å². The molecule has 0 radical (unpaired) electrons. The van der Waals surface area contributed by atoms with E-state index in [1.165, 1.54) is 13.1 Å². The van der Waals surface area contributed by atoms with Crippen molar-refractivity contribution in [1.29, 1.82) is 0 Å². The van der Waals surface area contributed by atoms with Crippen molar-refractivity contribution < 1.29 is 38.6 Å². The fourth-order valence-electron chi connectivity index (χ4n) is 2.15. The number of aliphatic hydroxyl groups excluding tert-OH is 2. The maximum absolute atomic E-state index is 11.7. The zero-order chi connectivity index (χ0) is 20.8. The molecule has 1 saturated heterocycles. The van der Waals surface area contributed by atoms with E-state index in [4.69, 9.17) is 19.6 Å². The molecule has 0 saturated carbocycles. The Hall–Kier alpha value is -1.66. The first-order chi connectivity index (χ1) is 12.4. The number of aromatic amines is 1. The predicted octanol–water partition coefficient (Wildman–Crippen LogP) is -1.44. The number of carbonyl (C=O) groups excluding carboxylic acids is 1. The van der Waals surface area contributed by atoms with Gasteiger partial charge in [0, 0.05) is 24.6 Å². The fourth-order valence-corrected chi connectivity index (χ4v) is 2.49. The van der Waals surface area contributed by atoms with Gasteiger partial charge in [0.1, 0.15) is 18.6 Å². The van der Waals surface area contributed by atoms with Crippen LogP contribution in [0.25, 0.3) is 0 Å². The van der Waals surface area contributed by atoms with Crippen LogP contribution in [0.1, 0.15) is 31.6 Å². The molecule has 1 fully saturated rings. The van der Waals surface area contributed by atoms with Crippen molar-refractivity contribution in [1.82, 2.24) is 9.55 Å². The van der Waals surface area contributed by atoms with Crippen LogP contribution < -0.4 is 11.2 Å². The molecule has 0 bridgehead atoms. The second kappa shape index (κ2) is 10.0. The first kappa shape index (κ1) is 23.4. The summed E-state index contributed by atoms with van der Waals surface area (Å²) in [7, 11) is -4.67. The monoisotopic (exact) mass is 410 g/mol. The molecule has 13 heteroatoms. The quantitative estimate of drug-likeness (QED) is 0.274. The largest absolute Gasteiger partial charge is 0.469 e. The third kappa shape index (κ3) is 7.85. The number of carbonyl (C=O) groups is 1. The van der Waals surface area contributed by atoms with Gasteiger partial charge in [-0.3, -0.25) is 18.9 Å². The number of phosphoric acid groups is 1. The van der Waals surface area contributed by atoms with Gasteiger partial charge in [-0.05, 0) is 13.8 Å². The van der Waals surface area contributed by atoms with Crippen molar-refractivity contribution in [2.75, 3.05) is 6.61 Å². The third-order valence-corrected chi connectivity index (χ3v) is 3.99. The van der Waals surface area contributed by atoms with Gasteiger partial charge >= 0.3 is 13.5 Å². The number of hydrogen-bond donors (Lipinski definition) is 5. The minimum absolute atomic E-state index is 0.0283. The molecule has 0 aliphatic carbocycles. The van der Waals surface area contributed by atoms with E-state index < -0.39 is 50.2 Å². The van der Waals surface area contributed by atoms with Gasteiger partial charge in [0.05, 0.1) is 18.8 Å². The lowest BCUT2D eigenvalue weighted by atomic mass is 10.2. The van der Waals surface area contributed by atoms with E-state index in [1.54, 1.807) is 6.92 Å². The molecule has 12 nitrogen and oxygen atoms in total. The van der Waals surface area contributed by atoms with Crippen LogP contribution in [-0.2, 0) is 18.6 Å². The van der Waals surface area contributed by atoms with Crippen molar-refractivity contribution in [2.45, 2.75) is 51.2 Å². The molecular formula is C14H23N2O10P. The van der Waals surface area contributed by atoms with E-state index >= 15 is 0 Å². The van der Waals surface area contributed by atoms with Crippen LogP contribution in [0.2, 0.25) is 0 Å². The third-order valence-electron chi connectivity index (χ3n) is 3.50. The van der Waals surface area contributed by atoms with Crippen molar-refractivity contribution in [3.05, 3.63) is 32.6 Å². The average Bonchev–Trinajstić information content (AvgIpc) is 2.89. The molecule has 1 aliphatic rings. The van der Waals surface area contributed by atoms with Crippen LogP contribution in [0.5, 0.6) is 0 Å². The molecule has 1 unspecified atom stereocenters. The molecule has 4 atom stereocenters. The maximum atomic E-state index is 11.7. The Morgan fingerprint density at radius 3 is 2.59 bits per heavy atom. The smallest absolute Gasteiger partial charge is 0.393 e. The van der Waals surface area contributed by atoms with Crippen LogP contribution >= 0.6 is 7.82 Å². The molecule has 27 heavy (non-hydrogen) atoms. The second-order valence-corrected chi connectivity index (χ2v) is 7.19. The lowest BCUT2D eigenvalue weighted by Gasteiger charge is -2.16. The SMILES string of the molecule is CC(O)CC=O.Cc1cn([C@H]2C[C@H](O)[C@@H](COP(=O)(O)O)O2)c(=O)[nH]c1=O. The van der Waals surface area contributed by atoms with E-state index in [0.717, 1.165) is 4.57 Å². The highest BCUT2D eigenvalue weighted by Crippen LogP contribution is 2.38. The summed E-state index contributed by atoms with van der Waals surface area (Å²) in [4.78, 5) is 51.8. The summed E-state index contributed by atoms with van der Waals surface area (Å²) in [6, 6.07) is 0. The van der Waals surface area contributed by atoms with Crippen molar-refractivity contribution >= 4 is 14.1 Å². The zero-order valence-corrected chi connectivity index (χ0v) is 15.6. The Balaban J connectivity index is 0.000000527. The number of H-pyrrole nitrogens is 1. The molecular weight excluding hydrogens is 387 g/mol. The maximum Gasteiger partial charge on any atom is 0.469 e. The molecule has 1 aromatic heterocycles. The van der Waals surface area contributed by atoms with E-state index in [-0.39, 0.29) is 12.8 Å². The minimum Gasteiger partial charge on any atom is -0.393 e. The summed E-state index contributed by atoms with van der Waals surface area (Å²) >= 11 is 0. The number of aliphatic hydroxyl groups is 2. The normalized spacial score (nSPS) is 23.4. The number of hydrogen-bond acceptors (Lipinski definition) is 8. The van der Waals surface area contributed by atoms with Gasteiger partial charge < -0.3 is 29.5 Å². The fraction of sp³-hybridized carbons (Fsp3) is 0.643. The zero-order valence-electron chi connectivity index (χ0n) is 14.7. The number of nitrogens with zero attached hydrogens (tertiary/aromatic N) is 1. The average molecular weight is 410 g/mol. The Kier molecular flexibility index (Phi) is 8.69. The Labute approximate surface area is 153 Å². The Morgan fingerprint density at radius 2 is 2.11 bits per heavy atom. The summed E-state index contributed by atoms with van der Waals surface area (Å²) < 4.78 is 21.4. The number of phosphoric ester groups is 1. The predicted molar refractivity (Wildman–Crippen MR) is 91.0 cm³/mol. The highest BCUT2D eigenvalue weighted by atomic mass is 31.2. The summed E-state index contributed by atoms with van der Waals surface area (Å²) in [5.41, 5.74) is -0.918. The van der Waals surface area contributed by atoms with Gasteiger partial charge in [-0.2, -0.15) is 0 Å². The molecule has 154 valence electrons. The lowest BCUT2D eigenvalue weighted by Crippen LogP contribution is -2.33. The Morgan fingerprint density at radius 1 is 1.48 bits per heavy atom. The van der Waals surface area contributed by atoms with Crippen LogP contribution in [0.3, 0.4) is 0 Å². The summed E-state index contributed by atoms with van der Waals surface area (Å²) in [5.74, 6) is 0. The molecule has 1 aliphatic heterocycles. The van der Waals surface area contributed by atoms with E-state index in [2.05, 4.69) is 9.51 Å². The molecule has 0 aromatic carbocycles. The molecule has 2 heterocycles. The summed E-state index contributed by atoms with van der Waals surface area (Å²) in [5, 5.41) is 18.1. The second-order valence-electron chi connectivity index (χ2n) is 5.95. The van der Waals surface area contributed by atoms with Gasteiger partial charge in [0.25, 0.3) is 5.56 Å². The number of aromatic nitrogens is 2. The number of ether oxygens (including phenoxy) is 1. The van der Waals surface area contributed by atoms with Gasteiger partial charge in [0.2, 0.25) is 0 Å². The van der Waals surface area contributed by atoms with Gasteiger partial charge in [-0.1, -0.05) is 0 Å². The number of aryl methyl sites for hydroxylation is 1.